The minimum atomic E-state index is 0.345. The highest BCUT2D eigenvalue weighted by molar-refractivity contribution is 7.98. The first kappa shape index (κ1) is 23.2. The Bertz CT molecular complexity index is 832. The molecular formula is C25H36ClN3OS. The van der Waals surface area contributed by atoms with Crippen molar-refractivity contribution in [3.8, 4) is 0 Å². The van der Waals surface area contributed by atoms with Crippen LogP contribution in [0.2, 0.25) is 5.02 Å². The summed E-state index contributed by atoms with van der Waals surface area (Å²) in [5, 5.41) is 5.68. The van der Waals surface area contributed by atoms with Crippen molar-refractivity contribution in [2.45, 2.75) is 76.6 Å². The maximum atomic E-state index is 6.27. The number of hydrogen-bond donors (Lipinski definition) is 0. The molecule has 2 heterocycles. The maximum absolute atomic E-state index is 6.27. The molecule has 1 aliphatic carbocycles. The number of aromatic nitrogens is 2. The van der Waals surface area contributed by atoms with Gasteiger partial charge in [0.1, 0.15) is 0 Å². The molecule has 0 N–H and O–H groups in total. The summed E-state index contributed by atoms with van der Waals surface area (Å²) in [6.07, 6.45) is 8.54. The van der Waals surface area contributed by atoms with Crippen molar-refractivity contribution >= 4 is 23.4 Å². The molecule has 2 unspecified atom stereocenters. The normalized spacial score (nSPS) is 27.5. The largest absolute Gasteiger partial charge is 0.374 e. The first-order valence-electron chi connectivity index (χ1n) is 11.7. The Morgan fingerprint density at radius 3 is 2.55 bits per heavy atom. The molecule has 1 aliphatic heterocycles. The Kier molecular flexibility index (Phi) is 8.02. The molecule has 1 aromatic heterocycles. The van der Waals surface area contributed by atoms with E-state index in [0.717, 1.165) is 36.9 Å². The van der Waals surface area contributed by atoms with Crippen molar-refractivity contribution in [3.63, 3.8) is 0 Å². The second-order valence-corrected chi connectivity index (χ2v) is 10.5. The van der Waals surface area contributed by atoms with E-state index in [1.54, 1.807) is 0 Å². The van der Waals surface area contributed by atoms with Gasteiger partial charge in [0, 0.05) is 47.6 Å². The van der Waals surface area contributed by atoms with Crippen LogP contribution in [-0.4, -0.2) is 58.0 Å². The van der Waals surface area contributed by atoms with Crippen LogP contribution in [0.5, 0.6) is 0 Å². The summed E-state index contributed by atoms with van der Waals surface area (Å²) in [7, 11) is 0. The summed E-state index contributed by atoms with van der Waals surface area (Å²) in [5.74, 6) is 1.69. The average molecular weight is 462 g/mol. The highest BCUT2D eigenvalue weighted by Gasteiger charge is 2.36. The molecular weight excluding hydrogens is 426 g/mol. The number of thioether (sulfide) groups is 1. The minimum Gasteiger partial charge on any atom is -0.374 e. The van der Waals surface area contributed by atoms with Gasteiger partial charge in [0.2, 0.25) is 0 Å². The van der Waals surface area contributed by atoms with Crippen LogP contribution in [0, 0.1) is 6.92 Å². The standard InChI is InChI=1S/C25H36ClN3OS/c1-4-29-18(2)13-25(27-29)20-7-11-22(12-8-20)28-15-24(17-31-3)30-16-23(28)14-19-5-9-21(26)10-6-19/h5-6,9-10,13,20,22-24H,4,7-8,11-12,14-17H2,1-3H3. The molecule has 1 aromatic carbocycles. The van der Waals surface area contributed by atoms with Crippen LogP contribution in [0.25, 0.3) is 0 Å². The van der Waals surface area contributed by atoms with E-state index in [-0.39, 0.29) is 0 Å². The Balaban J connectivity index is 1.42. The Labute approximate surface area is 196 Å². The van der Waals surface area contributed by atoms with Gasteiger partial charge in [0.05, 0.1) is 18.4 Å². The quantitative estimate of drug-likeness (QED) is 0.539. The van der Waals surface area contributed by atoms with Gasteiger partial charge >= 0.3 is 0 Å². The van der Waals surface area contributed by atoms with E-state index in [4.69, 9.17) is 21.4 Å². The molecule has 2 fully saturated rings. The first-order valence-corrected chi connectivity index (χ1v) is 13.5. The summed E-state index contributed by atoms with van der Waals surface area (Å²) >= 11 is 7.99. The van der Waals surface area contributed by atoms with E-state index in [1.165, 1.54) is 42.6 Å². The molecule has 0 radical (unpaired) electrons. The van der Waals surface area contributed by atoms with Gasteiger partial charge in [-0.05, 0) is 76.0 Å². The van der Waals surface area contributed by atoms with Crippen LogP contribution < -0.4 is 0 Å². The van der Waals surface area contributed by atoms with Gasteiger partial charge in [-0.25, -0.2) is 0 Å². The molecule has 6 heteroatoms. The van der Waals surface area contributed by atoms with Crippen molar-refractivity contribution in [2.75, 3.05) is 25.2 Å². The zero-order chi connectivity index (χ0) is 21.8. The molecule has 4 rings (SSSR count). The number of morpholine rings is 1. The molecule has 4 nitrogen and oxygen atoms in total. The highest BCUT2D eigenvalue weighted by atomic mass is 35.5. The topological polar surface area (TPSA) is 30.3 Å². The van der Waals surface area contributed by atoms with Crippen molar-refractivity contribution in [3.05, 3.63) is 52.3 Å². The van der Waals surface area contributed by atoms with E-state index < -0.39 is 0 Å². The lowest BCUT2D eigenvalue weighted by Gasteiger charge is -2.46. The number of halogens is 1. The number of nitrogens with zero attached hydrogens (tertiary/aromatic N) is 3. The maximum Gasteiger partial charge on any atom is 0.0793 e. The van der Waals surface area contributed by atoms with Gasteiger partial charge in [-0.2, -0.15) is 16.9 Å². The van der Waals surface area contributed by atoms with E-state index >= 15 is 0 Å². The van der Waals surface area contributed by atoms with Crippen LogP contribution in [-0.2, 0) is 17.7 Å². The molecule has 2 aliphatic rings. The molecule has 0 bridgehead atoms. The molecule has 1 saturated heterocycles. The van der Waals surface area contributed by atoms with Gasteiger partial charge < -0.3 is 4.74 Å². The number of benzene rings is 1. The summed E-state index contributed by atoms with van der Waals surface area (Å²) < 4.78 is 8.40. The van der Waals surface area contributed by atoms with E-state index in [9.17, 15) is 0 Å². The van der Waals surface area contributed by atoms with Crippen LogP contribution in [0.3, 0.4) is 0 Å². The second kappa shape index (κ2) is 10.7. The number of ether oxygens (including phenoxy) is 1. The summed E-state index contributed by atoms with van der Waals surface area (Å²) in [6.45, 7) is 7.18. The van der Waals surface area contributed by atoms with Crippen LogP contribution in [0.15, 0.2) is 30.3 Å². The molecule has 1 saturated carbocycles. The lowest BCUT2D eigenvalue weighted by molar-refractivity contribution is -0.0750. The van der Waals surface area contributed by atoms with E-state index in [1.807, 2.05) is 23.9 Å². The molecule has 0 amide bonds. The van der Waals surface area contributed by atoms with Crippen molar-refractivity contribution in [2.24, 2.45) is 0 Å². The summed E-state index contributed by atoms with van der Waals surface area (Å²) in [5.41, 5.74) is 3.94. The second-order valence-electron chi connectivity index (χ2n) is 9.12. The van der Waals surface area contributed by atoms with Gasteiger partial charge in [0.25, 0.3) is 0 Å². The predicted octanol–water partition coefficient (Wildman–Crippen LogP) is 5.57. The Hall–Kier alpha value is -1.01. The lowest BCUT2D eigenvalue weighted by atomic mass is 9.82. The minimum absolute atomic E-state index is 0.345. The van der Waals surface area contributed by atoms with Crippen LogP contribution in [0.1, 0.15) is 55.5 Å². The fourth-order valence-electron chi connectivity index (χ4n) is 5.34. The zero-order valence-electron chi connectivity index (χ0n) is 19.1. The smallest absolute Gasteiger partial charge is 0.0793 e. The SMILES string of the molecule is CCn1nc(C2CCC(N3CC(CSC)OCC3Cc3ccc(Cl)cc3)CC2)cc1C. The Morgan fingerprint density at radius 1 is 1.16 bits per heavy atom. The summed E-state index contributed by atoms with van der Waals surface area (Å²) in [6, 6.07) is 11.7. The van der Waals surface area contributed by atoms with Crippen LogP contribution in [0.4, 0.5) is 0 Å². The van der Waals surface area contributed by atoms with Gasteiger partial charge in [0.15, 0.2) is 0 Å². The fourth-order valence-corrected chi connectivity index (χ4v) is 6.04. The first-order chi connectivity index (χ1) is 15.1. The fraction of sp³-hybridized carbons (Fsp3) is 0.640. The van der Waals surface area contributed by atoms with Gasteiger partial charge in [-0.3, -0.25) is 9.58 Å². The van der Waals surface area contributed by atoms with Crippen molar-refractivity contribution < 1.29 is 4.74 Å². The summed E-state index contributed by atoms with van der Waals surface area (Å²) in [4.78, 5) is 2.78. The monoisotopic (exact) mass is 461 g/mol. The number of rotatable bonds is 7. The highest BCUT2D eigenvalue weighted by Crippen LogP contribution is 2.36. The molecule has 170 valence electrons. The van der Waals surface area contributed by atoms with Gasteiger partial charge in [-0.15, -0.1) is 0 Å². The number of aryl methyl sites for hydroxylation is 2. The molecule has 2 aromatic rings. The average Bonchev–Trinajstić information content (AvgIpc) is 3.17. The predicted molar refractivity (Wildman–Crippen MR) is 131 cm³/mol. The van der Waals surface area contributed by atoms with Crippen LogP contribution >= 0.6 is 23.4 Å². The molecule has 31 heavy (non-hydrogen) atoms. The lowest BCUT2D eigenvalue weighted by Crippen LogP contribution is -2.56. The van der Waals surface area contributed by atoms with E-state index in [2.05, 4.69) is 47.9 Å². The van der Waals surface area contributed by atoms with Crippen molar-refractivity contribution in [1.82, 2.24) is 14.7 Å². The third-order valence-corrected chi connectivity index (χ3v) is 7.99. The van der Waals surface area contributed by atoms with Gasteiger partial charge in [-0.1, -0.05) is 23.7 Å². The Morgan fingerprint density at radius 2 is 1.90 bits per heavy atom. The molecule has 2 atom stereocenters. The van der Waals surface area contributed by atoms with Crippen molar-refractivity contribution in [1.29, 1.82) is 0 Å². The van der Waals surface area contributed by atoms with E-state index in [0.29, 0.717) is 24.1 Å². The zero-order valence-corrected chi connectivity index (χ0v) is 20.7. The molecule has 0 spiro atoms. The third-order valence-electron chi connectivity index (χ3n) is 7.03. The third kappa shape index (κ3) is 5.68. The number of hydrogen-bond acceptors (Lipinski definition) is 4.